The smallest absolute Gasteiger partial charge is 0.292 e. The molecule has 0 radical (unpaired) electrons. The molecule has 3 aromatic rings. The van der Waals surface area contributed by atoms with Crippen LogP contribution in [0.25, 0.3) is 17.1 Å². The van der Waals surface area contributed by atoms with Crippen molar-refractivity contribution >= 4 is 17.1 Å². The second-order valence-corrected chi connectivity index (χ2v) is 5.35. The fourth-order valence-corrected chi connectivity index (χ4v) is 2.75. The van der Waals surface area contributed by atoms with Crippen molar-refractivity contribution in [2.75, 3.05) is 0 Å². The average Bonchev–Trinajstić information content (AvgIpc) is 2.82. The highest BCUT2D eigenvalue weighted by molar-refractivity contribution is 5.76. The lowest BCUT2D eigenvalue weighted by Gasteiger charge is -1.98. The molecule has 0 saturated carbocycles. The predicted molar refractivity (Wildman–Crippen MR) is 92.0 cm³/mol. The standard InChI is InChI=1S/C19H20N2O/c1-2-14-20-17-12-6-7-13-18(17)21(19(20)22)15-8-11-16-9-4-3-5-10-16/h3-13H,2,14-15H2,1H3. The molecule has 0 fully saturated rings. The molecule has 0 amide bonds. The van der Waals surface area contributed by atoms with E-state index in [-0.39, 0.29) is 5.69 Å². The number of imidazole rings is 1. The number of para-hydroxylation sites is 2. The molecule has 3 rings (SSSR count). The Morgan fingerprint density at radius 1 is 0.909 bits per heavy atom. The first kappa shape index (κ1) is 14.4. The molecule has 0 N–H and O–H groups in total. The summed E-state index contributed by atoms with van der Waals surface area (Å²) in [5, 5.41) is 0. The van der Waals surface area contributed by atoms with Crippen LogP contribution in [0.4, 0.5) is 0 Å². The molecule has 3 nitrogen and oxygen atoms in total. The van der Waals surface area contributed by atoms with Gasteiger partial charge in [-0.2, -0.15) is 0 Å². The normalized spacial score (nSPS) is 11.5. The third-order valence-corrected chi connectivity index (χ3v) is 3.77. The third kappa shape index (κ3) is 2.75. The van der Waals surface area contributed by atoms with E-state index in [1.54, 1.807) is 0 Å². The number of aromatic nitrogens is 2. The van der Waals surface area contributed by atoms with E-state index in [0.717, 1.165) is 29.6 Å². The Morgan fingerprint density at radius 2 is 1.55 bits per heavy atom. The highest BCUT2D eigenvalue weighted by Gasteiger charge is 2.10. The zero-order valence-corrected chi connectivity index (χ0v) is 12.8. The fraction of sp³-hybridized carbons (Fsp3) is 0.211. The summed E-state index contributed by atoms with van der Waals surface area (Å²) in [5.74, 6) is 0. The van der Waals surface area contributed by atoms with Crippen LogP contribution < -0.4 is 5.69 Å². The molecule has 0 aliphatic carbocycles. The van der Waals surface area contributed by atoms with E-state index in [0.29, 0.717) is 6.54 Å². The second-order valence-electron chi connectivity index (χ2n) is 5.35. The molecule has 1 aromatic heterocycles. The number of rotatable bonds is 5. The van der Waals surface area contributed by atoms with Gasteiger partial charge in [-0.15, -0.1) is 0 Å². The summed E-state index contributed by atoms with van der Waals surface area (Å²) in [6.07, 6.45) is 5.05. The first-order valence-corrected chi connectivity index (χ1v) is 7.71. The molecular weight excluding hydrogens is 272 g/mol. The van der Waals surface area contributed by atoms with E-state index in [2.05, 4.69) is 25.1 Å². The van der Waals surface area contributed by atoms with Crippen molar-refractivity contribution in [3.8, 4) is 0 Å². The van der Waals surface area contributed by atoms with Gasteiger partial charge in [-0.25, -0.2) is 4.79 Å². The van der Waals surface area contributed by atoms with Crippen molar-refractivity contribution in [1.82, 2.24) is 9.13 Å². The number of hydrogen-bond donors (Lipinski definition) is 0. The van der Waals surface area contributed by atoms with Gasteiger partial charge in [0.1, 0.15) is 0 Å². The van der Waals surface area contributed by atoms with Crippen LogP contribution in [0.1, 0.15) is 18.9 Å². The van der Waals surface area contributed by atoms with Gasteiger partial charge in [0.05, 0.1) is 11.0 Å². The minimum atomic E-state index is 0.0701. The van der Waals surface area contributed by atoms with Gasteiger partial charge in [0.25, 0.3) is 0 Å². The lowest BCUT2D eigenvalue weighted by atomic mass is 10.2. The molecule has 1 heterocycles. The summed E-state index contributed by atoms with van der Waals surface area (Å²) < 4.78 is 3.70. The van der Waals surface area contributed by atoms with Crippen LogP contribution >= 0.6 is 0 Å². The maximum atomic E-state index is 12.6. The van der Waals surface area contributed by atoms with Gasteiger partial charge in [0, 0.05) is 13.1 Å². The lowest BCUT2D eigenvalue weighted by molar-refractivity contribution is 0.642. The summed E-state index contributed by atoms with van der Waals surface area (Å²) in [5.41, 5.74) is 3.23. The van der Waals surface area contributed by atoms with Crippen molar-refractivity contribution in [1.29, 1.82) is 0 Å². The number of hydrogen-bond acceptors (Lipinski definition) is 1. The van der Waals surface area contributed by atoms with Crippen LogP contribution in [0.5, 0.6) is 0 Å². The van der Waals surface area contributed by atoms with Crippen molar-refractivity contribution in [3.05, 3.63) is 76.7 Å². The van der Waals surface area contributed by atoms with Crippen molar-refractivity contribution in [2.24, 2.45) is 0 Å². The third-order valence-electron chi connectivity index (χ3n) is 3.77. The predicted octanol–water partition coefficient (Wildman–Crippen LogP) is 3.93. The fourth-order valence-electron chi connectivity index (χ4n) is 2.75. The van der Waals surface area contributed by atoms with Gasteiger partial charge in [0.2, 0.25) is 0 Å². The van der Waals surface area contributed by atoms with Gasteiger partial charge in [0.15, 0.2) is 0 Å². The summed E-state index contributed by atoms with van der Waals surface area (Å²) in [7, 11) is 0. The molecule has 22 heavy (non-hydrogen) atoms. The second kappa shape index (κ2) is 6.48. The lowest BCUT2D eigenvalue weighted by Crippen LogP contribution is -2.23. The Morgan fingerprint density at radius 3 is 2.23 bits per heavy atom. The summed E-state index contributed by atoms with van der Waals surface area (Å²) in [6.45, 7) is 3.44. The molecule has 0 spiro atoms. The maximum absolute atomic E-state index is 12.6. The topological polar surface area (TPSA) is 26.9 Å². The first-order chi connectivity index (χ1) is 10.8. The Kier molecular flexibility index (Phi) is 4.24. The molecule has 0 saturated heterocycles. The van der Waals surface area contributed by atoms with Gasteiger partial charge in [-0.05, 0) is 24.1 Å². The highest BCUT2D eigenvalue weighted by atomic mass is 16.1. The Balaban J connectivity index is 1.95. The van der Waals surface area contributed by atoms with E-state index in [4.69, 9.17) is 0 Å². The minimum Gasteiger partial charge on any atom is -0.292 e. The Labute approximate surface area is 130 Å². The van der Waals surface area contributed by atoms with Crippen LogP contribution in [-0.2, 0) is 13.1 Å². The summed E-state index contributed by atoms with van der Waals surface area (Å²) in [4.78, 5) is 12.6. The monoisotopic (exact) mass is 292 g/mol. The molecule has 0 aliphatic rings. The SMILES string of the molecule is CCCn1c(=O)n(CC=Cc2ccccc2)c2ccccc21. The van der Waals surface area contributed by atoms with Crippen molar-refractivity contribution < 1.29 is 0 Å². The maximum Gasteiger partial charge on any atom is 0.329 e. The zero-order valence-electron chi connectivity index (χ0n) is 12.8. The largest absolute Gasteiger partial charge is 0.329 e. The molecule has 0 atom stereocenters. The molecular formula is C19H20N2O. The number of fused-ring (bicyclic) bond motifs is 1. The zero-order chi connectivity index (χ0) is 15.4. The quantitative estimate of drug-likeness (QED) is 0.700. The van der Waals surface area contributed by atoms with Gasteiger partial charge in [-0.3, -0.25) is 9.13 Å². The molecule has 0 bridgehead atoms. The van der Waals surface area contributed by atoms with Gasteiger partial charge in [-0.1, -0.05) is 61.5 Å². The molecule has 0 aliphatic heterocycles. The van der Waals surface area contributed by atoms with E-state index in [9.17, 15) is 4.79 Å². The Bertz CT molecular complexity index is 841. The van der Waals surface area contributed by atoms with Crippen LogP contribution in [0.3, 0.4) is 0 Å². The van der Waals surface area contributed by atoms with Crippen molar-refractivity contribution in [3.63, 3.8) is 0 Å². The van der Waals surface area contributed by atoms with Crippen molar-refractivity contribution in [2.45, 2.75) is 26.4 Å². The average molecular weight is 292 g/mol. The van der Waals surface area contributed by atoms with Crippen LogP contribution in [0, 0.1) is 0 Å². The van der Waals surface area contributed by atoms with Gasteiger partial charge >= 0.3 is 5.69 Å². The van der Waals surface area contributed by atoms with Crippen LogP contribution in [0.2, 0.25) is 0 Å². The highest BCUT2D eigenvalue weighted by Crippen LogP contribution is 2.13. The Hall–Kier alpha value is -2.55. The summed E-state index contributed by atoms with van der Waals surface area (Å²) >= 11 is 0. The van der Waals surface area contributed by atoms with Crippen LogP contribution in [-0.4, -0.2) is 9.13 Å². The number of nitrogens with zero attached hydrogens (tertiary/aromatic N) is 2. The number of aryl methyl sites for hydroxylation is 1. The molecule has 0 unspecified atom stereocenters. The number of allylic oxidation sites excluding steroid dienone is 1. The molecule has 3 heteroatoms. The van der Waals surface area contributed by atoms with E-state index in [1.165, 1.54) is 0 Å². The summed E-state index contributed by atoms with van der Waals surface area (Å²) in [6, 6.07) is 18.1. The van der Waals surface area contributed by atoms with E-state index < -0.39 is 0 Å². The van der Waals surface area contributed by atoms with Gasteiger partial charge < -0.3 is 0 Å². The number of benzene rings is 2. The van der Waals surface area contributed by atoms with E-state index in [1.807, 2.05) is 57.7 Å². The van der Waals surface area contributed by atoms with Crippen LogP contribution in [0.15, 0.2) is 65.5 Å². The first-order valence-electron chi connectivity index (χ1n) is 7.71. The molecule has 2 aromatic carbocycles. The van der Waals surface area contributed by atoms with E-state index >= 15 is 0 Å². The molecule has 112 valence electrons. The minimum absolute atomic E-state index is 0.0701.